The van der Waals surface area contributed by atoms with E-state index in [1.165, 1.54) is 23.5 Å². The summed E-state index contributed by atoms with van der Waals surface area (Å²) in [7, 11) is 0. The fraction of sp³-hybridized carbons (Fsp3) is 0.100. The molecule has 0 atom stereocenters. The topological polar surface area (TPSA) is 46.4 Å². The van der Waals surface area contributed by atoms with E-state index >= 15 is 0 Å². The Labute approximate surface area is 164 Å². The molecule has 136 valence electrons. The zero-order valence-electron chi connectivity index (χ0n) is 14.4. The number of benzene rings is 2. The molecule has 0 aliphatic rings. The third-order valence-corrected chi connectivity index (χ3v) is 5.68. The molecular formula is C20H15ClFN3OS. The van der Waals surface area contributed by atoms with E-state index in [9.17, 15) is 9.18 Å². The van der Waals surface area contributed by atoms with Crippen LogP contribution in [0.2, 0.25) is 5.02 Å². The van der Waals surface area contributed by atoms with Gasteiger partial charge in [-0.2, -0.15) is 0 Å². The van der Waals surface area contributed by atoms with Gasteiger partial charge < -0.3 is 5.32 Å². The standard InChI is InChI=1S/C20H15ClFN3OS/c1-12-18(10-23-19(26)14-3-2-4-15(21)9-14)27-20-24-17(11-25(12)20)13-5-7-16(22)8-6-13/h2-9,11H,10H2,1H3,(H,23,26). The molecule has 0 saturated carbocycles. The second kappa shape index (κ2) is 7.13. The van der Waals surface area contributed by atoms with Crippen LogP contribution in [0.3, 0.4) is 0 Å². The minimum atomic E-state index is -0.270. The SMILES string of the molecule is Cc1c(CNC(=O)c2cccc(Cl)c2)sc2nc(-c3ccc(F)cc3)cn12. The fourth-order valence-corrected chi connectivity index (χ4v) is 4.04. The monoisotopic (exact) mass is 399 g/mol. The summed E-state index contributed by atoms with van der Waals surface area (Å²) < 4.78 is 15.1. The van der Waals surface area contributed by atoms with Gasteiger partial charge in [-0.15, -0.1) is 0 Å². The molecule has 4 nitrogen and oxygen atoms in total. The van der Waals surface area contributed by atoms with Crippen molar-refractivity contribution in [2.45, 2.75) is 13.5 Å². The van der Waals surface area contributed by atoms with Gasteiger partial charge >= 0.3 is 0 Å². The van der Waals surface area contributed by atoms with E-state index in [4.69, 9.17) is 11.6 Å². The van der Waals surface area contributed by atoms with E-state index < -0.39 is 0 Å². The Kier molecular flexibility index (Phi) is 4.68. The predicted octanol–water partition coefficient (Wildman–Crippen LogP) is 5.09. The van der Waals surface area contributed by atoms with Crippen LogP contribution in [-0.2, 0) is 6.54 Å². The maximum Gasteiger partial charge on any atom is 0.251 e. The molecule has 2 aromatic heterocycles. The Hall–Kier alpha value is -2.70. The molecule has 1 N–H and O–H groups in total. The average molecular weight is 400 g/mol. The molecule has 0 saturated heterocycles. The smallest absolute Gasteiger partial charge is 0.251 e. The Balaban J connectivity index is 1.53. The second-order valence-corrected chi connectivity index (χ2v) is 7.59. The van der Waals surface area contributed by atoms with Crippen molar-refractivity contribution in [2.75, 3.05) is 0 Å². The van der Waals surface area contributed by atoms with Gasteiger partial charge in [0.05, 0.1) is 12.2 Å². The maximum absolute atomic E-state index is 13.1. The zero-order chi connectivity index (χ0) is 19.0. The maximum atomic E-state index is 13.1. The minimum Gasteiger partial charge on any atom is -0.347 e. The van der Waals surface area contributed by atoms with Crippen molar-refractivity contribution in [1.82, 2.24) is 14.7 Å². The molecule has 2 heterocycles. The van der Waals surface area contributed by atoms with Crippen molar-refractivity contribution in [3.63, 3.8) is 0 Å². The number of aryl methyl sites for hydroxylation is 1. The van der Waals surface area contributed by atoms with Gasteiger partial charge in [0.1, 0.15) is 5.82 Å². The lowest BCUT2D eigenvalue weighted by Gasteiger charge is -2.05. The summed E-state index contributed by atoms with van der Waals surface area (Å²) in [5.41, 5.74) is 3.20. The summed E-state index contributed by atoms with van der Waals surface area (Å²) in [4.78, 5) is 18.8. The van der Waals surface area contributed by atoms with Gasteiger partial charge in [-0.1, -0.05) is 29.0 Å². The minimum absolute atomic E-state index is 0.171. The molecule has 0 radical (unpaired) electrons. The largest absolute Gasteiger partial charge is 0.347 e. The summed E-state index contributed by atoms with van der Waals surface area (Å²) in [6.45, 7) is 2.40. The van der Waals surface area contributed by atoms with Gasteiger partial charge in [-0.25, -0.2) is 9.37 Å². The van der Waals surface area contributed by atoms with E-state index in [1.54, 1.807) is 36.4 Å². The Morgan fingerprint density at radius 2 is 2.04 bits per heavy atom. The molecule has 0 spiro atoms. The zero-order valence-corrected chi connectivity index (χ0v) is 15.9. The average Bonchev–Trinajstić information content (AvgIpc) is 3.20. The summed E-state index contributed by atoms with van der Waals surface area (Å²) in [5, 5.41) is 3.45. The molecular weight excluding hydrogens is 385 g/mol. The summed E-state index contributed by atoms with van der Waals surface area (Å²) in [6.07, 6.45) is 1.93. The molecule has 0 unspecified atom stereocenters. The highest BCUT2D eigenvalue weighted by Crippen LogP contribution is 2.27. The number of nitrogens with zero attached hydrogens (tertiary/aromatic N) is 2. The van der Waals surface area contributed by atoms with E-state index in [1.807, 2.05) is 17.5 Å². The van der Waals surface area contributed by atoms with Gasteiger partial charge in [-0.3, -0.25) is 9.20 Å². The van der Waals surface area contributed by atoms with Crippen molar-refractivity contribution >= 4 is 33.8 Å². The number of amides is 1. The number of carbonyl (C=O) groups is 1. The van der Waals surface area contributed by atoms with Gasteiger partial charge in [0.2, 0.25) is 0 Å². The number of hydrogen-bond donors (Lipinski definition) is 1. The molecule has 0 aliphatic heterocycles. The second-order valence-electron chi connectivity index (χ2n) is 6.09. The Morgan fingerprint density at radius 3 is 2.74 bits per heavy atom. The lowest BCUT2D eigenvalue weighted by molar-refractivity contribution is 0.0951. The van der Waals surface area contributed by atoms with Gasteiger partial charge in [-0.05, 0) is 49.4 Å². The highest BCUT2D eigenvalue weighted by Gasteiger charge is 2.14. The van der Waals surface area contributed by atoms with Crippen molar-refractivity contribution in [2.24, 2.45) is 0 Å². The molecule has 7 heteroatoms. The van der Waals surface area contributed by atoms with E-state index in [2.05, 4.69) is 10.3 Å². The number of thiazole rings is 1. The number of aromatic nitrogens is 2. The van der Waals surface area contributed by atoms with Crippen molar-refractivity contribution in [3.8, 4) is 11.3 Å². The molecule has 4 rings (SSSR count). The molecule has 27 heavy (non-hydrogen) atoms. The number of halogens is 2. The van der Waals surface area contributed by atoms with Crippen LogP contribution < -0.4 is 5.32 Å². The lowest BCUT2D eigenvalue weighted by Crippen LogP contribution is -2.22. The van der Waals surface area contributed by atoms with Crippen LogP contribution in [0.15, 0.2) is 54.7 Å². The lowest BCUT2D eigenvalue weighted by atomic mass is 10.2. The van der Waals surface area contributed by atoms with E-state index in [0.29, 0.717) is 17.1 Å². The highest BCUT2D eigenvalue weighted by atomic mass is 35.5. The normalized spacial score (nSPS) is 11.1. The highest BCUT2D eigenvalue weighted by molar-refractivity contribution is 7.17. The summed E-state index contributed by atoms with van der Waals surface area (Å²) >= 11 is 7.45. The van der Waals surface area contributed by atoms with E-state index in [-0.39, 0.29) is 11.7 Å². The van der Waals surface area contributed by atoms with Crippen LogP contribution in [0, 0.1) is 12.7 Å². The first-order chi connectivity index (χ1) is 13.0. The third kappa shape index (κ3) is 3.59. The van der Waals surface area contributed by atoms with Crippen LogP contribution in [-0.4, -0.2) is 15.3 Å². The third-order valence-electron chi connectivity index (χ3n) is 4.29. The first-order valence-electron chi connectivity index (χ1n) is 8.28. The van der Waals surface area contributed by atoms with Crippen LogP contribution in [0.5, 0.6) is 0 Å². The van der Waals surface area contributed by atoms with Crippen LogP contribution in [0.25, 0.3) is 16.2 Å². The molecule has 0 bridgehead atoms. The molecule has 2 aromatic carbocycles. The fourth-order valence-electron chi connectivity index (χ4n) is 2.81. The van der Waals surface area contributed by atoms with E-state index in [0.717, 1.165) is 26.8 Å². The number of nitrogens with one attached hydrogen (secondary N) is 1. The Morgan fingerprint density at radius 1 is 1.26 bits per heavy atom. The molecule has 0 fully saturated rings. The number of rotatable bonds is 4. The van der Waals surface area contributed by atoms with Crippen molar-refractivity contribution in [1.29, 1.82) is 0 Å². The number of hydrogen-bond acceptors (Lipinski definition) is 3. The van der Waals surface area contributed by atoms with Gasteiger partial charge in [0, 0.05) is 32.9 Å². The van der Waals surface area contributed by atoms with Crippen molar-refractivity contribution in [3.05, 3.63) is 81.7 Å². The Bertz CT molecular complexity index is 1130. The van der Waals surface area contributed by atoms with Crippen LogP contribution >= 0.6 is 22.9 Å². The summed E-state index contributed by atoms with van der Waals surface area (Å²) in [6, 6.07) is 13.1. The molecule has 4 aromatic rings. The van der Waals surface area contributed by atoms with Crippen molar-refractivity contribution < 1.29 is 9.18 Å². The number of imidazole rings is 1. The van der Waals surface area contributed by atoms with Crippen LogP contribution in [0.4, 0.5) is 4.39 Å². The number of carbonyl (C=O) groups excluding carboxylic acids is 1. The van der Waals surface area contributed by atoms with Gasteiger partial charge in [0.15, 0.2) is 4.96 Å². The first kappa shape index (κ1) is 17.7. The quantitative estimate of drug-likeness (QED) is 0.519. The molecule has 0 aliphatic carbocycles. The predicted molar refractivity (Wildman–Crippen MR) is 106 cm³/mol. The van der Waals surface area contributed by atoms with Gasteiger partial charge in [0.25, 0.3) is 5.91 Å². The molecule has 1 amide bonds. The van der Waals surface area contributed by atoms with Crippen LogP contribution in [0.1, 0.15) is 20.9 Å². The number of fused-ring (bicyclic) bond motifs is 1. The summed E-state index contributed by atoms with van der Waals surface area (Å²) in [5.74, 6) is -0.441. The first-order valence-corrected chi connectivity index (χ1v) is 9.48.